The number of piperidine rings is 1. The molecule has 0 aromatic heterocycles. The van der Waals surface area contributed by atoms with Gasteiger partial charge in [0.1, 0.15) is 6.04 Å². The maximum Gasteiger partial charge on any atom is 0.326 e. The fourth-order valence-electron chi connectivity index (χ4n) is 3.15. The molecule has 22 heavy (non-hydrogen) atoms. The van der Waals surface area contributed by atoms with Crippen LogP contribution in [-0.4, -0.2) is 34.5 Å². The van der Waals surface area contributed by atoms with E-state index in [2.05, 4.69) is 31.2 Å². The van der Waals surface area contributed by atoms with Crippen molar-refractivity contribution in [2.45, 2.75) is 57.9 Å². The van der Waals surface area contributed by atoms with Crippen LogP contribution in [0.15, 0.2) is 24.3 Å². The van der Waals surface area contributed by atoms with Gasteiger partial charge in [-0.3, -0.25) is 4.79 Å². The Kier molecular flexibility index (Phi) is 5.58. The molecule has 4 heteroatoms. The summed E-state index contributed by atoms with van der Waals surface area (Å²) in [6, 6.07) is 7.62. The summed E-state index contributed by atoms with van der Waals surface area (Å²) in [5.74, 6) is -0.750. The quantitative estimate of drug-likeness (QED) is 0.907. The molecule has 1 saturated heterocycles. The van der Waals surface area contributed by atoms with Gasteiger partial charge < -0.3 is 10.0 Å². The molecule has 1 fully saturated rings. The van der Waals surface area contributed by atoms with Crippen LogP contribution in [0, 0.1) is 6.92 Å². The second-order valence-electron chi connectivity index (χ2n) is 6.16. The lowest BCUT2D eigenvalue weighted by Gasteiger charge is -2.34. The van der Waals surface area contributed by atoms with Crippen molar-refractivity contribution in [1.82, 2.24) is 4.90 Å². The molecule has 1 aromatic carbocycles. The maximum atomic E-state index is 12.6. The topological polar surface area (TPSA) is 57.6 Å². The molecular formula is C18H25NO3. The average Bonchev–Trinajstić information content (AvgIpc) is 2.53. The summed E-state index contributed by atoms with van der Waals surface area (Å²) in [6.07, 6.45) is 3.62. The van der Waals surface area contributed by atoms with Gasteiger partial charge in [0.2, 0.25) is 5.91 Å². The van der Waals surface area contributed by atoms with Gasteiger partial charge in [-0.05, 0) is 44.1 Å². The van der Waals surface area contributed by atoms with Crippen LogP contribution >= 0.6 is 0 Å². The second kappa shape index (κ2) is 7.43. The van der Waals surface area contributed by atoms with E-state index in [-0.39, 0.29) is 11.8 Å². The van der Waals surface area contributed by atoms with Crippen LogP contribution < -0.4 is 0 Å². The number of hydrogen-bond acceptors (Lipinski definition) is 2. The van der Waals surface area contributed by atoms with Crippen molar-refractivity contribution < 1.29 is 14.7 Å². The first-order valence-corrected chi connectivity index (χ1v) is 8.11. The Labute approximate surface area is 132 Å². The fraction of sp³-hybridized carbons (Fsp3) is 0.556. The van der Waals surface area contributed by atoms with Crippen LogP contribution in [0.1, 0.15) is 56.1 Å². The number of nitrogens with zero attached hydrogens (tertiary/aromatic N) is 1. The third-order valence-corrected chi connectivity index (χ3v) is 4.57. The number of benzene rings is 1. The van der Waals surface area contributed by atoms with Gasteiger partial charge in [-0.2, -0.15) is 0 Å². The zero-order chi connectivity index (χ0) is 16.1. The molecule has 1 N–H and O–H groups in total. The molecule has 2 atom stereocenters. The fourth-order valence-corrected chi connectivity index (χ4v) is 3.15. The summed E-state index contributed by atoms with van der Waals surface area (Å²) in [7, 11) is 0. The number of carbonyl (C=O) groups excluding carboxylic acids is 1. The van der Waals surface area contributed by atoms with Crippen LogP contribution in [0.4, 0.5) is 0 Å². The van der Waals surface area contributed by atoms with Crippen molar-refractivity contribution in [3.05, 3.63) is 35.4 Å². The molecule has 1 amide bonds. The van der Waals surface area contributed by atoms with Gasteiger partial charge >= 0.3 is 5.97 Å². The van der Waals surface area contributed by atoms with Crippen LogP contribution in [0.2, 0.25) is 0 Å². The molecule has 0 aliphatic carbocycles. The number of amides is 1. The van der Waals surface area contributed by atoms with Gasteiger partial charge in [-0.1, -0.05) is 36.8 Å². The summed E-state index contributed by atoms with van der Waals surface area (Å²) < 4.78 is 0. The van der Waals surface area contributed by atoms with E-state index in [1.54, 1.807) is 4.90 Å². The van der Waals surface area contributed by atoms with Crippen LogP contribution in [0.25, 0.3) is 0 Å². The van der Waals surface area contributed by atoms with Crippen molar-refractivity contribution in [2.75, 3.05) is 6.54 Å². The first-order valence-electron chi connectivity index (χ1n) is 8.11. The minimum atomic E-state index is -0.878. The third kappa shape index (κ3) is 3.87. The van der Waals surface area contributed by atoms with Gasteiger partial charge in [0.15, 0.2) is 0 Å². The average molecular weight is 303 g/mol. The van der Waals surface area contributed by atoms with E-state index in [4.69, 9.17) is 0 Å². The highest BCUT2D eigenvalue weighted by atomic mass is 16.4. The van der Waals surface area contributed by atoms with E-state index in [0.29, 0.717) is 19.4 Å². The molecule has 0 radical (unpaired) electrons. The number of likely N-dealkylation sites (tertiary alicyclic amines) is 1. The molecule has 0 saturated carbocycles. The molecule has 1 heterocycles. The van der Waals surface area contributed by atoms with Gasteiger partial charge in [-0.25, -0.2) is 4.79 Å². The van der Waals surface area contributed by atoms with Crippen molar-refractivity contribution in [1.29, 1.82) is 0 Å². The Morgan fingerprint density at radius 1 is 1.27 bits per heavy atom. The van der Waals surface area contributed by atoms with Gasteiger partial charge in [0, 0.05) is 13.0 Å². The molecule has 1 aliphatic rings. The Morgan fingerprint density at radius 2 is 1.95 bits per heavy atom. The van der Waals surface area contributed by atoms with Crippen molar-refractivity contribution in [3.63, 3.8) is 0 Å². The van der Waals surface area contributed by atoms with Gasteiger partial charge in [0.25, 0.3) is 0 Å². The van der Waals surface area contributed by atoms with E-state index in [0.717, 1.165) is 24.8 Å². The smallest absolute Gasteiger partial charge is 0.326 e. The molecule has 120 valence electrons. The predicted molar refractivity (Wildman–Crippen MR) is 85.8 cm³/mol. The number of rotatable bonds is 5. The Balaban J connectivity index is 2.07. The molecule has 1 aromatic rings. The monoisotopic (exact) mass is 303 g/mol. The van der Waals surface area contributed by atoms with Crippen molar-refractivity contribution in [3.8, 4) is 0 Å². The molecule has 2 rings (SSSR count). The first kappa shape index (κ1) is 16.5. The number of hydrogen-bond donors (Lipinski definition) is 1. The Bertz CT molecular complexity index is 524. The van der Waals surface area contributed by atoms with E-state index >= 15 is 0 Å². The van der Waals surface area contributed by atoms with Crippen LogP contribution in [-0.2, 0) is 9.59 Å². The minimum absolute atomic E-state index is 0.0282. The summed E-state index contributed by atoms with van der Waals surface area (Å²) in [6.45, 7) is 4.68. The van der Waals surface area contributed by atoms with Gasteiger partial charge in [-0.15, -0.1) is 0 Å². The number of carboxylic acids is 1. The minimum Gasteiger partial charge on any atom is -0.480 e. The highest BCUT2D eigenvalue weighted by molar-refractivity contribution is 5.84. The number of carboxylic acid groups (broad SMARTS) is 1. The molecular weight excluding hydrogens is 278 g/mol. The summed E-state index contributed by atoms with van der Waals surface area (Å²) in [5.41, 5.74) is 2.36. The Morgan fingerprint density at radius 3 is 2.55 bits per heavy atom. The first-order chi connectivity index (χ1) is 10.5. The largest absolute Gasteiger partial charge is 0.480 e. The summed E-state index contributed by atoms with van der Waals surface area (Å²) in [5, 5.41) is 9.30. The van der Waals surface area contributed by atoms with E-state index < -0.39 is 12.0 Å². The normalized spacial score (nSPS) is 19.7. The van der Waals surface area contributed by atoms with Crippen molar-refractivity contribution in [2.24, 2.45) is 0 Å². The lowest BCUT2D eigenvalue weighted by molar-refractivity contribution is -0.152. The second-order valence-corrected chi connectivity index (χ2v) is 6.16. The predicted octanol–water partition coefficient (Wildman–Crippen LogP) is 3.34. The molecule has 1 unspecified atom stereocenters. The molecule has 0 spiro atoms. The summed E-state index contributed by atoms with van der Waals surface area (Å²) >= 11 is 0. The van der Waals surface area contributed by atoms with E-state index in [1.807, 2.05) is 6.92 Å². The Hall–Kier alpha value is -1.84. The molecule has 4 nitrogen and oxygen atoms in total. The third-order valence-electron chi connectivity index (χ3n) is 4.57. The standard InChI is InChI=1S/C18H25NO3/c1-3-14(15-9-7-13(2)8-10-15)12-17(20)19-11-5-4-6-16(19)18(21)22/h7-10,14,16H,3-6,11-12H2,1-2H3,(H,21,22)/t14?,16-/m1/s1. The number of aryl methyl sites for hydroxylation is 1. The van der Waals surface area contributed by atoms with Crippen LogP contribution in [0.5, 0.6) is 0 Å². The molecule has 1 aliphatic heterocycles. The van der Waals surface area contributed by atoms with E-state index in [1.165, 1.54) is 5.56 Å². The SMILES string of the molecule is CCC(CC(=O)N1CCCC[C@@H]1C(=O)O)c1ccc(C)cc1. The lowest BCUT2D eigenvalue weighted by Crippen LogP contribution is -2.48. The highest BCUT2D eigenvalue weighted by Crippen LogP contribution is 2.26. The van der Waals surface area contributed by atoms with Crippen molar-refractivity contribution >= 4 is 11.9 Å². The lowest BCUT2D eigenvalue weighted by atomic mass is 9.91. The van der Waals surface area contributed by atoms with Gasteiger partial charge in [0.05, 0.1) is 0 Å². The van der Waals surface area contributed by atoms with Crippen LogP contribution in [0.3, 0.4) is 0 Å². The zero-order valence-electron chi connectivity index (χ0n) is 13.4. The molecule has 0 bridgehead atoms. The van der Waals surface area contributed by atoms with E-state index in [9.17, 15) is 14.7 Å². The highest BCUT2D eigenvalue weighted by Gasteiger charge is 2.32. The number of aliphatic carboxylic acids is 1. The maximum absolute atomic E-state index is 12.6. The summed E-state index contributed by atoms with van der Waals surface area (Å²) in [4.78, 5) is 25.5. The number of carbonyl (C=O) groups is 2. The zero-order valence-corrected chi connectivity index (χ0v) is 13.4.